The van der Waals surface area contributed by atoms with Gasteiger partial charge in [0.05, 0.1) is 83.3 Å². The summed E-state index contributed by atoms with van der Waals surface area (Å²) in [6.45, 7) is 0. The number of fused-ring (bicyclic) bond motifs is 25. The number of rotatable bonds is 10. The largest absolute Gasteiger partial charge is 0.319 e. The Morgan fingerprint density at radius 1 is 0.215 bits per heavy atom. The summed E-state index contributed by atoms with van der Waals surface area (Å²) in [7, 11) is 0. The number of hydrogen-bond acceptors (Lipinski definition) is 5. The number of nitrogens with zero attached hydrogens (tertiary/aromatic N) is 11. The average Bonchev–Trinajstić information content (AvgIpc) is 1.52. The van der Waals surface area contributed by atoms with Crippen molar-refractivity contribution in [2.24, 2.45) is 0 Å². The van der Waals surface area contributed by atoms with Crippen molar-refractivity contribution in [3.05, 3.63) is 478 Å². The molecule has 7 aromatic heterocycles. The van der Waals surface area contributed by atoms with Gasteiger partial charge in [0.15, 0.2) is 5.82 Å². The van der Waals surface area contributed by atoms with Gasteiger partial charge in [0.2, 0.25) is 5.78 Å². The molecule has 0 spiro atoms. The van der Waals surface area contributed by atoms with E-state index in [0.717, 1.165) is 78.3 Å². The maximum atomic E-state index is 5.28. The molecule has 19 aromatic carbocycles. The average molecular weight is 1660 g/mol. The highest BCUT2D eigenvalue weighted by atomic mass is 15.4. The fourth-order valence-electron chi connectivity index (χ4n) is 21.2. The van der Waals surface area contributed by atoms with E-state index >= 15 is 0 Å². The van der Waals surface area contributed by atoms with E-state index in [2.05, 4.69) is 492 Å². The van der Waals surface area contributed by atoms with E-state index in [1.165, 1.54) is 138 Å². The van der Waals surface area contributed by atoms with Crippen molar-refractivity contribution < 1.29 is 0 Å². The van der Waals surface area contributed by atoms with Gasteiger partial charge in [-0.1, -0.05) is 309 Å². The summed E-state index contributed by atoms with van der Waals surface area (Å²) in [6.07, 6.45) is -0.0584. The molecule has 610 valence electrons. The number of imidazole rings is 2. The first-order valence-corrected chi connectivity index (χ1v) is 44.5. The van der Waals surface area contributed by atoms with Gasteiger partial charge in [-0.15, -0.1) is 0 Å². The first kappa shape index (κ1) is 74.1. The predicted octanol–water partition coefficient (Wildman–Crippen LogP) is 29.9. The molecule has 0 saturated carbocycles. The minimum atomic E-state index is -0.0584. The van der Waals surface area contributed by atoms with Crippen LogP contribution in [0.2, 0.25) is 0 Å². The van der Waals surface area contributed by atoms with Gasteiger partial charge in [0, 0.05) is 105 Å². The summed E-state index contributed by atoms with van der Waals surface area (Å²) in [5.41, 5.74) is 33.6. The third kappa shape index (κ3) is 11.7. The first-order valence-electron chi connectivity index (χ1n) is 44.5. The van der Waals surface area contributed by atoms with Crippen molar-refractivity contribution in [1.82, 2.24) is 42.2 Å². The smallest absolute Gasteiger partial charge is 0.220 e. The van der Waals surface area contributed by atoms with Gasteiger partial charge in [-0.2, -0.15) is 0 Å². The molecule has 2 unspecified atom stereocenters. The van der Waals surface area contributed by atoms with Gasteiger partial charge in [-0.3, -0.25) is 8.97 Å². The zero-order chi connectivity index (χ0) is 85.4. The molecule has 0 N–H and O–H groups in total. The van der Waals surface area contributed by atoms with Gasteiger partial charge in [-0.05, 0) is 185 Å². The van der Waals surface area contributed by atoms with Crippen molar-refractivity contribution in [2.75, 3.05) is 9.80 Å². The summed E-state index contributed by atoms with van der Waals surface area (Å²) in [5.74, 6) is 1.70. The Hall–Kier alpha value is -17.4. The molecule has 0 radical (unpaired) electrons. The Labute approximate surface area is 748 Å². The molecule has 0 fully saturated rings. The molecule has 0 saturated heterocycles. The lowest BCUT2D eigenvalue weighted by molar-refractivity contribution is 0.671. The minimum absolute atomic E-state index is 0.0584. The highest BCUT2D eigenvalue weighted by Crippen LogP contribution is 2.61. The van der Waals surface area contributed by atoms with Crippen LogP contribution in [0.1, 0.15) is 17.0 Å². The second-order valence-corrected chi connectivity index (χ2v) is 33.7. The van der Waals surface area contributed by atoms with E-state index in [1.54, 1.807) is 0 Å². The summed E-state index contributed by atoms with van der Waals surface area (Å²) < 4.78 is 14.3. The second kappa shape index (κ2) is 30.2. The third-order valence-electron chi connectivity index (χ3n) is 26.6. The number of para-hydroxylation sites is 12. The highest BCUT2D eigenvalue weighted by Gasteiger charge is 2.51. The SMILES string of the molecule is c1ccc(-c2ccc3c(c2)c2c(c4ccc5ccccc5c4n2-c2ccccc2)n3-c2ccccc2)cc1.c1ccc(-c2nc(-c3cccc(N4c5ccc6c(c5C5c7ccccc7N(c7ccccc7)C54)c4ccccc4n6-c4ccccc4)c3)nc3ccccc23)cc1.c1ccc(-n2c3ccc(-n4c5ccccc5c5ccccc54)cc3n3c4ccccc4nc23)cc1. The third-order valence-corrected chi connectivity index (χ3v) is 26.6. The van der Waals surface area contributed by atoms with E-state index in [1.807, 2.05) is 12.1 Å². The molecule has 26 aromatic rings. The highest BCUT2D eigenvalue weighted by molar-refractivity contribution is 6.25. The van der Waals surface area contributed by atoms with Gasteiger partial charge in [0.1, 0.15) is 6.17 Å². The molecule has 130 heavy (non-hydrogen) atoms. The van der Waals surface area contributed by atoms with Crippen LogP contribution in [0.15, 0.2) is 467 Å². The molecule has 0 bridgehead atoms. The van der Waals surface area contributed by atoms with Crippen LogP contribution < -0.4 is 9.80 Å². The molecule has 0 amide bonds. The Kier molecular flexibility index (Phi) is 17.2. The monoisotopic (exact) mass is 1660 g/mol. The lowest BCUT2D eigenvalue weighted by Gasteiger charge is -2.36. The van der Waals surface area contributed by atoms with Crippen LogP contribution in [0, 0.1) is 0 Å². The Balaban J connectivity index is 0.000000107. The Morgan fingerprint density at radius 3 is 1.38 bits per heavy atom. The van der Waals surface area contributed by atoms with Crippen molar-refractivity contribution >= 4 is 149 Å². The number of benzene rings is 19. The van der Waals surface area contributed by atoms with Crippen LogP contribution >= 0.6 is 0 Å². The number of hydrogen-bond donors (Lipinski definition) is 0. The fourth-order valence-corrected chi connectivity index (χ4v) is 21.2. The summed E-state index contributed by atoms with van der Waals surface area (Å²) in [5, 5.41) is 11.1. The lowest BCUT2D eigenvalue weighted by atomic mass is 9.90. The second-order valence-electron chi connectivity index (χ2n) is 33.7. The predicted molar refractivity (Wildman–Crippen MR) is 538 cm³/mol. The zero-order valence-electron chi connectivity index (χ0n) is 70.5. The van der Waals surface area contributed by atoms with E-state index in [0.29, 0.717) is 5.82 Å². The van der Waals surface area contributed by atoms with Crippen LogP contribution in [0.4, 0.5) is 22.7 Å². The Morgan fingerprint density at radius 2 is 0.700 bits per heavy atom. The molecule has 11 nitrogen and oxygen atoms in total. The number of anilines is 4. The van der Waals surface area contributed by atoms with Crippen molar-refractivity contribution in [2.45, 2.75) is 12.1 Å². The standard InChI is InChI=1S/C52H35N5.C36H24N2.C31H20N4/c1-4-17-34(18-5-1)50-39-25-10-13-28-42(39)53-51(54-50)35-19-16-24-38(33-35)57-46-32-31-45-47(40-26-11-14-29-43(40)55(45)36-20-6-2-7-21-36)49(46)48-41-27-12-15-30-44(41)56(52(48)57)37-22-8-3-9-23-37;1-4-12-25(13-5-1)27-21-23-33-32(24-27)36-35(37(33)28-15-6-2-7-16-28)31-22-20-26-14-10-11-19-30(26)34(31)38(36)29-17-8-3-9-18-29;1-2-10-21(11-3-1)34-29-19-18-22(20-30(29)35-28-17-9-6-14-25(28)32-31(34)35)33-26-15-7-4-12-23(26)24-13-5-8-16-27(24)33/h1-33,48,52H;1-24H;1-20H. The fraction of sp³-hybridized carbons (Fsp3) is 0.0168. The Bertz CT molecular complexity index is 8890. The van der Waals surface area contributed by atoms with Crippen LogP contribution in [-0.2, 0) is 0 Å². The van der Waals surface area contributed by atoms with E-state index in [4.69, 9.17) is 15.0 Å². The van der Waals surface area contributed by atoms with Gasteiger partial charge < -0.3 is 28.1 Å². The van der Waals surface area contributed by atoms with Crippen LogP contribution in [0.3, 0.4) is 0 Å². The molecule has 9 heterocycles. The molecule has 2 atom stereocenters. The zero-order valence-corrected chi connectivity index (χ0v) is 70.5. The molecular weight excluding hydrogens is 1580 g/mol. The van der Waals surface area contributed by atoms with Gasteiger partial charge >= 0.3 is 0 Å². The van der Waals surface area contributed by atoms with Crippen molar-refractivity contribution in [3.8, 4) is 62.2 Å². The molecule has 28 rings (SSSR count). The molecular formula is C119H79N11. The first-order chi connectivity index (χ1) is 64.6. The van der Waals surface area contributed by atoms with Crippen LogP contribution in [0.25, 0.3) is 188 Å². The maximum Gasteiger partial charge on any atom is 0.220 e. The molecule has 2 aliphatic rings. The van der Waals surface area contributed by atoms with Crippen LogP contribution in [-0.4, -0.2) is 48.4 Å². The number of aromatic nitrogens is 9. The normalized spacial score (nSPS) is 13.5. The molecule has 2 aliphatic heterocycles. The summed E-state index contributed by atoms with van der Waals surface area (Å²) in [4.78, 5) is 20.6. The summed E-state index contributed by atoms with van der Waals surface area (Å²) >= 11 is 0. The quantitative estimate of drug-likeness (QED) is 0.136. The molecule has 11 heteroatoms. The molecule has 0 aliphatic carbocycles. The lowest BCUT2D eigenvalue weighted by Crippen LogP contribution is -2.40. The summed E-state index contributed by atoms with van der Waals surface area (Å²) in [6, 6.07) is 167. The minimum Gasteiger partial charge on any atom is -0.319 e. The van der Waals surface area contributed by atoms with E-state index < -0.39 is 0 Å². The van der Waals surface area contributed by atoms with E-state index in [-0.39, 0.29) is 12.1 Å². The van der Waals surface area contributed by atoms with Gasteiger partial charge in [-0.25, -0.2) is 15.0 Å². The van der Waals surface area contributed by atoms with Gasteiger partial charge in [0.25, 0.3) is 0 Å². The van der Waals surface area contributed by atoms with Crippen LogP contribution in [0.5, 0.6) is 0 Å². The van der Waals surface area contributed by atoms with Crippen molar-refractivity contribution in [1.29, 1.82) is 0 Å². The van der Waals surface area contributed by atoms with Crippen molar-refractivity contribution in [3.63, 3.8) is 0 Å². The van der Waals surface area contributed by atoms with E-state index in [9.17, 15) is 0 Å². The topological polar surface area (TPSA) is 74.2 Å². The maximum absolute atomic E-state index is 5.28.